The third-order valence-electron chi connectivity index (χ3n) is 4.68. The fraction of sp³-hybridized carbons (Fsp3) is 1.00. The van der Waals surface area contributed by atoms with Crippen molar-refractivity contribution >= 4 is 0 Å². The second-order valence-electron chi connectivity index (χ2n) is 6.32. The van der Waals surface area contributed by atoms with Crippen LogP contribution in [0.15, 0.2) is 0 Å². The largest absolute Gasteiger partial charge is 0.313 e. The maximum atomic E-state index is 3.76. The summed E-state index contributed by atoms with van der Waals surface area (Å²) in [6, 6.07) is 1.63. The van der Waals surface area contributed by atoms with E-state index in [1.54, 1.807) is 0 Å². The number of rotatable bonds is 4. The molecule has 0 radical (unpaired) electrons. The maximum Gasteiger partial charge on any atom is 0.0110 e. The average Bonchev–Trinajstić information content (AvgIpc) is 2.35. The molecule has 1 saturated heterocycles. The number of hydrogen-bond acceptors (Lipinski definition) is 2. The summed E-state index contributed by atoms with van der Waals surface area (Å²) in [5.41, 5.74) is 0. The molecule has 1 saturated carbocycles. The predicted octanol–water partition coefficient (Wildman–Crippen LogP) is 3.03. The van der Waals surface area contributed by atoms with Gasteiger partial charge in [0.05, 0.1) is 0 Å². The van der Waals surface area contributed by atoms with E-state index in [1.807, 2.05) is 0 Å². The Kier molecular flexibility index (Phi) is 5.30. The van der Waals surface area contributed by atoms with Gasteiger partial charge in [-0.2, -0.15) is 0 Å². The van der Waals surface area contributed by atoms with Gasteiger partial charge < -0.3 is 5.32 Å². The minimum absolute atomic E-state index is 0.805. The first kappa shape index (κ1) is 13.4. The highest BCUT2D eigenvalue weighted by molar-refractivity contribution is 4.78. The molecule has 2 atom stereocenters. The van der Waals surface area contributed by atoms with Crippen molar-refractivity contribution in [2.75, 3.05) is 19.6 Å². The van der Waals surface area contributed by atoms with Crippen LogP contribution in [0.5, 0.6) is 0 Å². The molecule has 0 spiro atoms. The Morgan fingerprint density at radius 1 is 1.00 bits per heavy atom. The monoisotopic (exact) mass is 238 g/mol. The smallest absolute Gasteiger partial charge is 0.0110 e. The number of nitrogens with zero attached hydrogens (tertiary/aromatic N) is 1. The molecule has 2 nitrogen and oxygen atoms in total. The molecule has 0 aromatic heterocycles. The van der Waals surface area contributed by atoms with E-state index in [2.05, 4.69) is 24.1 Å². The quantitative estimate of drug-likeness (QED) is 0.810. The van der Waals surface area contributed by atoms with Crippen LogP contribution in [0.4, 0.5) is 0 Å². The van der Waals surface area contributed by atoms with Crippen molar-refractivity contribution in [2.24, 2.45) is 5.92 Å². The second-order valence-corrected chi connectivity index (χ2v) is 6.32. The third kappa shape index (κ3) is 4.26. The van der Waals surface area contributed by atoms with Crippen LogP contribution in [0.2, 0.25) is 0 Å². The minimum atomic E-state index is 0.805. The summed E-state index contributed by atoms with van der Waals surface area (Å²) in [6.07, 6.45) is 9.97. The molecule has 2 rings (SSSR count). The molecule has 2 heteroatoms. The molecule has 2 fully saturated rings. The highest BCUT2D eigenvalue weighted by Crippen LogP contribution is 2.21. The van der Waals surface area contributed by atoms with Crippen LogP contribution in [0.3, 0.4) is 0 Å². The Bertz CT molecular complexity index is 211. The van der Waals surface area contributed by atoms with Crippen LogP contribution in [-0.4, -0.2) is 36.6 Å². The summed E-state index contributed by atoms with van der Waals surface area (Å²) < 4.78 is 0. The Morgan fingerprint density at radius 3 is 2.53 bits per heavy atom. The van der Waals surface area contributed by atoms with Gasteiger partial charge in [0.2, 0.25) is 0 Å². The van der Waals surface area contributed by atoms with E-state index in [0.717, 1.165) is 18.0 Å². The van der Waals surface area contributed by atoms with Gasteiger partial charge in [-0.3, -0.25) is 4.90 Å². The van der Waals surface area contributed by atoms with Crippen molar-refractivity contribution in [2.45, 2.75) is 70.9 Å². The summed E-state index contributed by atoms with van der Waals surface area (Å²) >= 11 is 0. The molecule has 17 heavy (non-hydrogen) atoms. The Morgan fingerprint density at radius 2 is 1.76 bits per heavy atom. The summed E-state index contributed by atoms with van der Waals surface area (Å²) in [7, 11) is 0. The SMILES string of the molecule is CC1CCC(C)N(CCNC2CCCCC2)C1. The molecule has 0 aromatic carbocycles. The van der Waals surface area contributed by atoms with Gasteiger partial charge in [0, 0.05) is 31.7 Å². The van der Waals surface area contributed by atoms with Crippen molar-refractivity contribution in [1.29, 1.82) is 0 Å². The summed E-state index contributed by atoms with van der Waals surface area (Å²) in [5.74, 6) is 0.904. The van der Waals surface area contributed by atoms with Gasteiger partial charge in [-0.15, -0.1) is 0 Å². The Hall–Kier alpha value is -0.0800. The summed E-state index contributed by atoms with van der Waals surface area (Å²) in [5, 5.41) is 3.76. The zero-order chi connectivity index (χ0) is 12.1. The Labute approximate surface area is 107 Å². The third-order valence-corrected chi connectivity index (χ3v) is 4.68. The van der Waals surface area contributed by atoms with Gasteiger partial charge in [0.15, 0.2) is 0 Å². The number of nitrogens with one attached hydrogen (secondary N) is 1. The van der Waals surface area contributed by atoms with Crippen molar-refractivity contribution in [1.82, 2.24) is 10.2 Å². The number of hydrogen-bond donors (Lipinski definition) is 1. The summed E-state index contributed by atoms with van der Waals surface area (Å²) in [6.45, 7) is 8.55. The minimum Gasteiger partial charge on any atom is -0.313 e. The maximum absolute atomic E-state index is 3.76. The van der Waals surface area contributed by atoms with Gasteiger partial charge in [-0.05, 0) is 38.5 Å². The lowest BCUT2D eigenvalue weighted by atomic mass is 9.94. The lowest BCUT2D eigenvalue weighted by molar-refractivity contribution is 0.124. The van der Waals surface area contributed by atoms with Crippen LogP contribution in [-0.2, 0) is 0 Å². The molecule has 1 aliphatic heterocycles. The predicted molar refractivity (Wildman–Crippen MR) is 74.3 cm³/mol. The van der Waals surface area contributed by atoms with Crippen molar-refractivity contribution < 1.29 is 0 Å². The molecule has 1 aliphatic carbocycles. The van der Waals surface area contributed by atoms with Gasteiger partial charge in [0.1, 0.15) is 0 Å². The average molecular weight is 238 g/mol. The van der Waals surface area contributed by atoms with E-state index in [1.165, 1.54) is 64.6 Å². The molecule has 1 N–H and O–H groups in total. The molecule has 100 valence electrons. The molecule has 0 aromatic rings. The standard InChI is InChI=1S/C15H30N2/c1-13-8-9-14(2)17(12-13)11-10-16-15-6-4-3-5-7-15/h13-16H,3-12H2,1-2H3. The van der Waals surface area contributed by atoms with Crippen LogP contribution in [0.1, 0.15) is 58.8 Å². The van der Waals surface area contributed by atoms with Gasteiger partial charge in [-0.1, -0.05) is 26.2 Å². The highest BCUT2D eigenvalue weighted by atomic mass is 15.2. The van der Waals surface area contributed by atoms with E-state index < -0.39 is 0 Å². The second kappa shape index (κ2) is 6.75. The Balaban J connectivity index is 1.63. The highest BCUT2D eigenvalue weighted by Gasteiger charge is 2.22. The lowest BCUT2D eigenvalue weighted by Crippen LogP contribution is -2.45. The first-order valence-electron chi connectivity index (χ1n) is 7.73. The van der Waals surface area contributed by atoms with E-state index in [9.17, 15) is 0 Å². The molecular formula is C15H30N2. The number of likely N-dealkylation sites (tertiary alicyclic amines) is 1. The van der Waals surface area contributed by atoms with Crippen LogP contribution in [0.25, 0.3) is 0 Å². The summed E-state index contributed by atoms with van der Waals surface area (Å²) in [4.78, 5) is 2.68. The van der Waals surface area contributed by atoms with Crippen molar-refractivity contribution in [3.05, 3.63) is 0 Å². The van der Waals surface area contributed by atoms with Crippen molar-refractivity contribution in [3.63, 3.8) is 0 Å². The van der Waals surface area contributed by atoms with E-state index in [-0.39, 0.29) is 0 Å². The zero-order valence-corrected chi connectivity index (χ0v) is 11.8. The zero-order valence-electron chi connectivity index (χ0n) is 11.8. The van der Waals surface area contributed by atoms with Crippen LogP contribution < -0.4 is 5.32 Å². The normalized spacial score (nSPS) is 32.8. The topological polar surface area (TPSA) is 15.3 Å². The first-order valence-corrected chi connectivity index (χ1v) is 7.73. The van der Waals surface area contributed by atoms with E-state index in [0.29, 0.717) is 0 Å². The van der Waals surface area contributed by atoms with Crippen LogP contribution in [0, 0.1) is 5.92 Å². The fourth-order valence-corrected chi connectivity index (χ4v) is 3.41. The first-order chi connectivity index (χ1) is 8.25. The van der Waals surface area contributed by atoms with E-state index in [4.69, 9.17) is 0 Å². The molecular weight excluding hydrogens is 208 g/mol. The fourth-order valence-electron chi connectivity index (χ4n) is 3.41. The van der Waals surface area contributed by atoms with Gasteiger partial charge >= 0.3 is 0 Å². The lowest BCUT2D eigenvalue weighted by Gasteiger charge is -2.37. The molecule has 2 aliphatic rings. The number of piperidine rings is 1. The van der Waals surface area contributed by atoms with E-state index >= 15 is 0 Å². The molecule has 1 heterocycles. The van der Waals surface area contributed by atoms with Crippen LogP contribution >= 0.6 is 0 Å². The molecule has 0 amide bonds. The van der Waals surface area contributed by atoms with Crippen molar-refractivity contribution in [3.8, 4) is 0 Å². The van der Waals surface area contributed by atoms with Gasteiger partial charge in [-0.25, -0.2) is 0 Å². The van der Waals surface area contributed by atoms with Gasteiger partial charge in [0.25, 0.3) is 0 Å². The molecule has 0 bridgehead atoms. The molecule has 2 unspecified atom stereocenters.